The van der Waals surface area contributed by atoms with Crippen molar-refractivity contribution in [3.63, 3.8) is 0 Å². The molecule has 0 saturated carbocycles. The third-order valence-electron chi connectivity index (χ3n) is 3.15. The number of hydrogen-bond acceptors (Lipinski definition) is 4. The molecule has 1 aromatic heterocycles. The highest BCUT2D eigenvalue weighted by atomic mass is 16.5. The van der Waals surface area contributed by atoms with Crippen LogP contribution in [0.4, 0.5) is 0 Å². The van der Waals surface area contributed by atoms with E-state index in [9.17, 15) is 0 Å². The number of rotatable bonds is 11. The molecule has 0 radical (unpaired) electrons. The summed E-state index contributed by atoms with van der Waals surface area (Å²) in [5, 5.41) is 3.34. The Morgan fingerprint density at radius 1 is 1.37 bits per heavy atom. The highest BCUT2D eigenvalue weighted by molar-refractivity contribution is 4.95. The molecule has 1 aromatic rings. The maximum absolute atomic E-state index is 5.51. The second-order valence-corrected chi connectivity index (χ2v) is 4.62. The van der Waals surface area contributed by atoms with E-state index in [1.54, 1.807) is 7.11 Å². The summed E-state index contributed by atoms with van der Waals surface area (Å²) in [6.07, 6.45) is 7.00. The monoisotopic (exact) mass is 269 g/mol. The third-order valence-corrected chi connectivity index (χ3v) is 3.15. The summed E-state index contributed by atoms with van der Waals surface area (Å²) in [6.45, 7) is 5.30. The van der Waals surface area contributed by atoms with E-state index >= 15 is 0 Å². The van der Waals surface area contributed by atoms with Crippen LogP contribution >= 0.6 is 0 Å². The van der Waals surface area contributed by atoms with Crippen molar-refractivity contribution in [3.8, 4) is 0 Å². The van der Waals surface area contributed by atoms with Crippen LogP contribution < -0.4 is 5.32 Å². The van der Waals surface area contributed by atoms with Gasteiger partial charge in [0.2, 0.25) is 0 Å². The molecule has 5 heteroatoms. The fourth-order valence-electron chi connectivity index (χ4n) is 2.01. The molecule has 5 nitrogen and oxygen atoms in total. The molecule has 0 saturated heterocycles. The Balaban J connectivity index is 2.32. The predicted octanol–water partition coefficient (Wildman–Crippen LogP) is 1.48. The van der Waals surface area contributed by atoms with Crippen LogP contribution in [0.3, 0.4) is 0 Å². The summed E-state index contributed by atoms with van der Waals surface area (Å²) in [7, 11) is 3.68. The molecule has 0 aliphatic heterocycles. The average molecular weight is 269 g/mol. The van der Waals surface area contributed by atoms with Crippen LogP contribution in [-0.2, 0) is 22.4 Å². The number of imidazole rings is 1. The molecule has 0 aliphatic carbocycles. The standard InChI is InChI=1S/C14H27N3O2/c1-4-7-17-8-6-16-14(17)12-13(15-2)5-9-19-11-10-18-3/h6,8,13,15H,4-5,7,9-12H2,1-3H3. The first-order valence-electron chi connectivity index (χ1n) is 7.05. The zero-order valence-electron chi connectivity index (χ0n) is 12.4. The molecule has 0 amide bonds. The van der Waals surface area contributed by atoms with Gasteiger partial charge in [-0.1, -0.05) is 6.92 Å². The largest absolute Gasteiger partial charge is 0.382 e. The van der Waals surface area contributed by atoms with Gasteiger partial charge in [0.1, 0.15) is 5.82 Å². The fraction of sp³-hybridized carbons (Fsp3) is 0.786. The van der Waals surface area contributed by atoms with Crippen molar-refractivity contribution < 1.29 is 9.47 Å². The van der Waals surface area contributed by atoms with Gasteiger partial charge >= 0.3 is 0 Å². The molecule has 1 unspecified atom stereocenters. The molecule has 0 spiro atoms. The number of hydrogen-bond donors (Lipinski definition) is 1. The van der Waals surface area contributed by atoms with Crippen LogP contribution in [0.2, 0.25) is 0 Å². The second-order valence-electron chi connectivity index (χ2n) is 4.62. The summed E-state index contributed by atoms with van der Waals surface area (Å²) in [6, 6.07) is 0.403. The summed E-state index contributed by atoms with van der Waals surface area (Å²) < 4.78 is 12.7. The molecule has 0 aromatic carbocycles. The van der Waals surface area contributed by atoms with E-state index in [1.807, 2.05) is 13.2 Å². The lowest BCUT2D eigenvalue weighted by Crippen LogP contribution is -2.30. The summed E-state index contributed by atoms with van der Waals surface area (Å²) in [5.41, 5.74) is 0. The van der Waals surface area contributed by atoms with Gasteiger partial charge in [-0.25, -0.2) is 4.98 Å². The van der Waals surface area contributed by atoms with Crippen molar-refractivity contribution in [3.05, 3.63) is 18.2 Å². The fourth-order valence-corrected chi connectivity index (χ4v) is 2.01. The highest BCUT2D eigenvalue weighted by Crippen LogP contribution is 2.06. The Morgan fingerprint density at radius 2 is 2.21 bits per heavy atom. The molecule has 19 heavy (non-hydrogen) atoms. The van der Waals surface area contributed by atoms with Gasteiger partial charge in [-0.15, -0.1) is 0 Å². The Kier molecular flexibility index (Phi) is 8.45. The van der Waals surface area contributed by atoms with E-state index in [-0.39, 0.29) is 0 Å². The van der Waals surface area contributed by atoms with Crippen molar-refractivity contribution in [2.75, 3.05) is 34.0 Å². The van der Waals surface area contributed by atoms with Gasteiger partial charge in [-0.2, -0.15) is 0 Å². The average Bonchev–Trinajstić information content (AvgIpc) is 2.85. The Bertz CT molecular complexity index is 328. The van der Waals surface area contributed by atoms with Crippen molar-refractivity contribution in [2.24, 2.45) is 0 Å². The Labute approximate surface area is 116 Å². The number of aromatic nitrogens is 2. The lowest BCUT2D eigenvalue weighted by molar-refractivity contribution is 0.0660. The molecule has 1 N–H and O–H groups in total. The van der Waals surface area contributed by atoms with Crippen molar-refractivity contribution in [2.45, 2.75) is 38.8 Å². The smallest absolute Gasteiger partial charge is 0.110 e. The van der Waals surface area contributed by atoms with Gasteiger partial charge in [-0.05, 0) is 19.9 Å². The molecule has 0 aliphatic rings. The minimum Gasteiger partial charge on any atom is -0.382 e. The molecule has 1 atom stereocenters. The lowest BCUT2D eigenvalue weighted by atomic mass is 10.1. The summed E-state index contributed by atoms with van der Waals surface area (Å²) >= 11 is 0. The van der Waals surface area contributed by atoms with Crippen LogP contribution in [-0.4, -0.2) is 49.6 Å². The maximum Gasteiger partial charge on any atom is 0.110 e. The van der Waals surface area contributed by atoms with Crippen LogP contribution in [0.5, 0.6) is 0 Å². The zero-order valence-corrected chi connectivity index (χ0v) is 12.4. The number of nitrogens with zero attached hydrogens (tertiary/aromatic N) is 2. The number of methoxy groups -OCH3 is 1. The normalized spacial score (nSPS) is 12.8. The first-order valence-corrected chi connectivity index (χ1v) is 7.05. The summed E-state index contributed by atoms with van der Waals surface area (Å²) in [4.78, 5) is 4.44. The lowest BCUT2D eigenvalue weighted by Gasteiger charge is -2.16. The quantitative estimate of drug-likeness (QED) is 0.618. The van der Waals surface area contributed by atoms with Gasteiger partial charge in [0.25, 0.3) is 0 Å². The van der Waals surface area contributed by atoms with Gasteiger partial charge < -0.3 is 19.4 Å². The van der Waals surface area contributed by atoms with E-state index in [0.29, 0.717) is 19.3 Å². The Hall–Kier alpha value is -0.910. The van der Waals surface area contributed by atoms with E-state index < -0.39 is 0 Å². The topological polar surface area (TPSA) is 48.3 Å². The van der Waals surface area contributed by atoms with Gasteiger partial charge in [0, 0.05) is 45.1 Å². The van der Waals surface area contributed by atoms with Gasteiger partial charge in [0.05, 0.1) is 13.2 Å². The van der Waals surface area contributed by atoms with E-state index in [4.69, 9.17) is 9.47 Å². The van der Waals surface area contributed by atoms with Gasteiger partial charge in [0.15, 0.2) is 0 Å². The number of aryl methyl sites for hydroxylation is 1. The third kappa shape index (κ3) is 6.18. The number of ether oxygens (including phenoxy) is 2. The van der Waals surface area contributed by atoms with Crippen molar-refractivity contribution in [1.29, 1.82) is 0 Å². The molecule has 0 fully saturated rings. The summed E-state index contributed by atoms with van der Waals surface area (Å²) in [5.74, 6) is 1.15. The molecule has 110 valence electrons. The molecule has 1 rings (SSSR count). The first-order chi connectivity index (χ1) is 9.31. The zero-order chi connectivity index (χ0) is 13.9. The van der Waals surface area contributed by atoms with E-state index in [0.717, 1.165) is 38.2 Å². The molecular formula is C14H27N3O2. The molecule has 0 bridgehead atoms. The van der Waals surface area contributed by atoms with E-state index in [1.165, 1.54) is 0 Å². The molecular weight excluding hydrogens is 242 g/mol. The maximum atomic E-state index is 5.51. The van der Waals surface area contributed by atoms with Crippen LogP contribution in [0, 0.1) is 0 Å². The van der Waals surface area contributed by atoms with Crippen LogP contribution in [0.1, 0.15) is 25.6 Å². The SMILES string of the molecule is CCCn1ccnc1CC(CCOCCOC)NC. The minimum atomic E-state index is 0.403. The highest BCUT2D eigenvalue weighted by Gasteiger charge is 2.11. The van der Waals surface area contributed by atoms with Crippen molar-refractivity contribution >= 4 is 0 Å². The second kappa shape index (κ2) is 9.95. The predicted molar refractivity (Wildman–Crippen MR) is 76.4 cm³/mol. The Morgan fingerprint density at radius 3 is 2.89 bits per heavy atom. The van der Waals surface area contributed by atoms with Gasteiger partial charge in [-0.3, -0.25) is 0 Å². The van der Waals surface area contributed by atoms with Crippen LogP contribution in [0.15, 0.2) is 12.4 Å². The number of likely N-dealkylation sites (N-methyl/N-ethyl adjacent to an activating group) is 1. The molecule has 1 heterocycles. The van der Waals surface area contributed by atoms with Crippen LogP contribution in [0.25, 0.3) is 0 Å². The van der Waals surface area contributed by atoms with Crippen molar-refractivity contribution in [1.82, 2.24) is 14.9 Å². The van der Waals surface area contributed by atoms with E-state index in [2.05, 4.69) is 28.0 Å². The number of nitrogens with one attached hydrogen (secondary N) is 1. The minimum absolute atomic E-state index is 0.403. The first kappa shape index (κ1) is 16.1.